The molecule has 1 nitrogen and oxygen atoms in total. The second-order valence-electron chi connectivity index (χ2n) is 4.41. The van der Waals surface area contributed by atoms with Crippen LogP contribution < -0.4 is 0 Å². The Morgan fingerprint density at radius 1 is 1.45 bits per heavy atom. The molecule has 0 aromatic rings. The van der Waals surface area contributed by atoms with Gasteiger partial charge in [0.1, 0.15) is 5.78 Å². The highest BCUT2D eigenvalue weighted by molar-refractivity contribution is 9.10. The van der Waals surface area contributed by atoms with E-state index in [9.17, 15) is 4.79 Å². The van der Waals surface area contributed by atoms with E-state index in [0.29, 0.717) is 17.1 Å². The van der Waals surface area contributed by atoms with Crippen molar-refractivity contribution in [3.8, 4) is 0 Å². The fourth-order valence-corrected chi connectivity index (χ4v) is 3.25. The van der Waals surface area contributed by atoms with Crippen molar-refractivity contribution >= 4 is 21.7 Å². The lowest BCUT2D eigenvalue weighted by Crippen LogP contribution is -2.56. The summed E-state index contributed by atoms with van der Waals surface area (Å²) < 4.78 is 0. The van der Waals surface area contributed by atoms with Gasteiger partial charge >= 0.3 is 0 Å². The highest BCUT2D eigenvalue weighted by atomic mass is 79.9. The molecule has 0 aromatic heterocycles. The topological polar surface area (TPSA) is 17.1 Å². The van der Waals surface area contributed by atoms with Crippen LogP contribution in [0, 0.1) is 17.3 Å². The molecule has 11 heavy (non-hydrogen) atoms. The lowest BCUT2D eigenvalue weighted by atomic mass is 9.48. The van der Waals surface area contributed by atoms with Crippen molar-refractivity contribution in [2.75, 3.05) is 0 Å². The van der Waals surface area contributed by atoms with E-state index in [1.807, 2.05) is 0 Å². The van der Waals surface area contributed by atoms with Crippen LogP contribution in [0.3, 0.4) is 0 Å². The molecule has 0 radical (unpaired) electrons. The van der Waals surface area contributed by atoms with Gasteiger partial charge in [-0.3, -0.25) is 4.79 Å². The second-order valence-corrected chi connectivity index (χ2v) is 5.52. The van der Waals surface area contributed by atoms with Crippen LogP contribution in [0.25, 0.3) is 0 Å². The van der Waals surface area contributed by atoms with Crippen LogP contribution in [-0.2, 0) is 4.79 Å². The van der Waals surface area contributed by atoms with E-state index in [2.05, 4.69) is 29.8 Å². The maximum atomic E-state index is 11.5. The van der Waals surface area contributed by atoms with Gasteiger partial charge in [-0.15, -0.1) is 0 Å². The van der Waals surface area contributed by atoms with Crippen molar-refractivity contribution in [3.63, 3.8) is 0 Å². The first-order valence-corrected chi connectivity index (χ1v) is 5.13. The number of alkyl halides is 1. The van der Waals surface area contributed by atoms with Gasteiger partial charge in [-0.1, -0.05) is 29.8 Å². The molecule has 0 saturated heterocycles. The molecule has 3 aliphatic rings. The van der Waals surface area contributed by atoms with Crippen molar-refractivity contribution in [3.05, 3.63) is 0 Å². The molecular weight excluding hydrogens is 204 g/mol. The fraction of sp³-hybridized carbons (Fsp3) is 0.889. The van der Waals surface area contributed by atoms with Crippen molar-refractivity contribution < 1.29 is 4.79 Å². The second kappa shape index (κ2) is 2.09. The summed E-state index contributed by atoms with van der Waals surface area (Å²) in [6.07, 6.45) is 2.20. The number of carbonyl (C=O) groups is 1. The quantitative estimate of drug-likeness (QED) is 0.569. The molecule has 2 heteroatoms. The molecule has 3 aliphatic carbocycles. The minimum Gasteiger partial charge on any atom is -0.298 e. The first-order valence-electron chi connectivity index (χ1n) is 4.21. The average Bonchev–Trinajstić information content (AvgIpc) is 1.93. The minimum absolute atomic E-state index is 0.166. The molecule has 0 spiro atoms. The molecule has 0 aromatic carbocycles. The number of hydrogen-bond donors (Lipinski definition) is 0. The van der Waals surface area contributed by atoms with Crippen molar-refractivity contribution in [2.45, 2.75) is 31.5 Å². The van der Waals surface area contributed by atoms with Gasteiger partial charge in [-0.25, -0.2) is 0 Å². The lowest BCUT2D eigenvalue weighted by Gasteiger charge is -2.56. The number of ketones is 1. The van der Waals surface area contributed by atoms with E-state index in [0.717, 1.165) is 18.8 Å². The van der Waals surface area contributed by atoms with Gasteiger partial charge in [-0.05, 0) is 24.2 Å². The van der Waals surface area contributed by atoms with E-state index in [1.54, 1.807) is 0 Å². The van der Waals surface area contributed by atoms with Crippen LogP contribution in [0.2, 0.25) is 0 Å². The molecule has 3 fully saturated rings. The normalized spacial score (nSPS) is 46.8. The Bertz CT molecular complexity index is 210. The summed E-state index contributed by atoms with van der Waals surface area (Å²) in [6, 6.07) is 0. The third kappa shape index (κ3) is 0.851. The zero-order valence-corrected chi connectivity index (χ0v) is 8.52. The third-order valence-corrected chi connectivity index (χ3v) is 4.44. The monoisotopic (exact) mass is 216 g/mol. The van der Waals surface area contributed by atoms with Crippen molar-refractivity contribution in [1.29, 1.82) is 0 Å². The SMILES string of the molecule is CC1(C)C2CC(Br)C(=O)C1C2. The number of halogens is 1. The molecule has 0 amide bonds. The Hall–Kier alpha value is 0.150. The highest BCUT2D eigenvalue weighted by Crippen LogP contribution is 2.58. The Kier molecular flexibility index (Phi) is 1.48. The average molecular weight is 217 g/mol. The van der Waals surface area contributed by atoms with Crippen LogP contribution >= 0.6 is 15.9 Å². The fourth-order valence-electron chi connectivity index (χ4n) is 2.48. The predicted molar refractivity (Wildman–Crippen MR) is 47.7 cm³/mol. The lowest BCUT2D eigenvalue weighted by molar-refractivity contribution is -0.146. The first kappa shape index (κ1) is 7.78. The predicted octanol–water partition coefficient (Wildman–Crippen LogP) is 2.39. The molecule has 3 atom stereocenters. The molecule has 3 saturated carbocycles. The molecule has 0 heterocycles. The number of carbonyl (C=O) groups excluding carboxylic acids is 1. The maximum Gasteiger partial charge on any atom is 0.150 e. The van der Waals surface area contributed by atoms with Gasteiger partial charge in [0.05, 0.1) is 4.83 Å². The summed E-state index contributed by atoms with van der Waals surface area (Å²) in [7, 11) is 0. The zero-order valence-electron chi connectivity index (χ0n) is 6.93. The van der Waals surface area contributed by atoms with Gasteiger partial charge < -0.3 is 0 Å². The molecule has 0 aliphatic heterocycles. The van der Waals surface area contributed by atoms with Gasteiger partial charge in [-0.2, -0.15) is 0 Å². The van der Waals surface area contributed by atoms with E-state index >= 15 is 0 Å². The number of Topliss-reactive ketones (excluding diaryl/α,β-unsaturated/α-hetero) is 1. The highest BCUT2D eigenvalue weighted by Gasteiger charge is 2.56. The molecule has 0 N–H and O–H groups in total. The molecule has 62 valence electrons. The molecule has 3 unspecified atom stereocenters. The van der Waals surface area contributed by atoms with Gasteiger partial charge in [0, 0.05) is 5.92 Å². The minimum atomic E-state index is 0.166. The van der Waals surface area contributed by atoms with Gasteiger partial charge in [0.15, 0.2) is 0 Å². The van der Waals surface area contributed by atoms with E-state index in [-0.39, 0.29) is 4.83 Å². The Balaban J connectivity index is 2.23. The summed E-state index contributed by atoms with van der Waals surface area (Å²) in [5.74, 6) is 1.58. The van der Waals surface area contributed by atoms with Crippen molar-refractivity contribution in [2.24, 2.45) is 17.3 Å². The smallest absolute Gasteiger partial charge is 0.150 e. The van der Waals surface area contributed by atoms with Crippen LogP contribution in [0.5, 0.6) is 0 Å². The summed E-state index contributed by atoms with van der Waals surface area (Å²) >= 11 is 3.43. The third-order valence-electron chi connectivity index (χ3n) is 3.61. The zero-order chi connectivity index (χ0) is 8.22. The Labute approximate surface area is 75.7 Å². The number of hydrogen-bond acceptors (Lipinski definition) is 1. The molecule has 2 bridgehead atoms. The van der Waals surface area contributed by atoms with Crippen molar-refractivity contribution in [1.82, 2.24) is 0 Å². The standard InChI is InChI=1S/C9H13BrO/c1-9(2)5-3-6(9)8(11)7(10)4-5/h5-7H,3-4H2,1-2H3. The first-order chi connectivity index (χ1) is 5.03. The van der Waals surface area contributed by atoms with Crippen LogP contribution in [0.15, 0.2) is 0 Å². The number of rotatable bonds is 0. The Morgan fingerprint density at radius 2 is 2.09 bits per heavy atom. The Morgan fingerprint density at radius 3 is 2.45 bits per heavy atom. The van der Waals surface area contributed by atoms with Crippen LogP contribution in [0.4, 0.5) is 0 Å². The molecule has 3 rings (SSSR count). The van der Waals surface area contributed by atoms with E-state index in [1.165, 1.54) is 0 Å². The van der Waals surface area contributed by atoms with Gasteiger partial charge in [0.25, 0.3) is 0 Å². The van der Waals surface area contributed by atoms with Crippen LogP contribution in [0.1, 0.15) is 26.7 Å². The van der Waals surface area contributed by atoms with Gasteiger partial charge in [0.2, 0.25) is 0 Å². The summed E-state index contributed by atoms with van der Waals surface area (Å²) in [6.45, 7) is 4.45. The van der Waals surface area contributed by atoms with E-state index < -0.39 is 0 Å². The van der Waals surface area contributed by atoms with Crippen LogP contribution in [-0.4, -0.2) is 10.6 Å². The van der Waals surface area contributed by atoms with E-state index in [4.69, 9.17) is 0 Å². The maximum absolute atomic E-state index is 11.5. The largest absolute Gasteiger partial charge is 0.298 e. The molecular formula is C9H13BrO. The summed E-state index contributed by atoms with van der Waals surface area (Å²) in [5.41, 5.74) is 0.307. The number of fused-ring (bicyclic) bond motifs is 2. The summed E-state index contributed by atoms with van der Waals surface area (Å²) in [5, 5.41) is 0. The summed E-state index contributed by atoms with van der Waals surface area (Å²) in [4.78, 5) is 11.7.